The van der Waals surface area contributed by atoms with Crippen LogP contribution in [0.3, 0.4) is 0 Å². The predicted octanol–water partition coefficient (Wildman–Crippen LogP) is 4.28. The Morgan fingerprint density at radius 3 is 2.50 bits per heavy atom. The Hall–Kier alpha value is -3.27. The largest absolute Gasteiger partial charge is 0.393 e. The fourth-order valence-corrected chi connectivity index (χ4v) is 4.87. The lowest BCUT2D eigenvalue weighted by atomic mass is 9.84. The van der Waals surface area contributed by atoms with Crippen molar-refractivity contribution in [3.05, 3.63) is 100 Å². The Balaban J connectivity index is 1.26. The van der Waals surface area contributed by atoms with Crippen LogP contribution in [0.25, 0.3) is 0 Å². The SMILES string of the molecule is OCCON=C(c1ccc(CN2CCC3(CC2)OCc2cc(F)ncc23)cc1)c1ccc(F)c(F)c1. The molecule has 6 nitrogen and oxygen atoms in total. The second-order valence-electron chi connectivity index (χ2n) is 9.05. The number of rotatable bonds is 7. The number of aliphatic hydroxyl groups excluding tert-OH is 1. The molecule has 1 aromatic heterocycles. The van der Waals surface area contributed by atoms with Gasteiger partial charge in [0, 0.05) is 42.5 Å². The second-order valence-corrected chi connectivity index (χ2v) is 9.05. The summed E-state index contributed by atoms with van der Waals surface area (Å²) < 4.78 is 46.9. The van der Waals surface area contributed by atoms with Crippen molar-refractivity contribution in [1.82, 2.24) is 9.88 Å². The molecule has 2 aliphatic heterocycles. The van der Waals surface area contributed by atoms with Crippen LogP contribution in [0.5, 0.6) is 0 Å². The highest BCUT2D eigenvalue weighted by atomic mass is 19.2. The van der Waals surface area contributed by atoms with E-state index in [1.54, 1.807) is 6.20 Å². The quantitative estimate of drug-likeness (QED) is 0.228. The van der Waals surface area contributed by atoms with Crippen LogP contribution >= 0.6 is 0 Å². The third-order valence-electron chi connectivity index (χ3n) is 6.78. The lowest BCUT2D eigenvalue weighted by Gasteiger charge is -2.39. The summed E-state index contributed by atoms with van der Waals surface area (Å²) in [5, 5.41) is 13.0. The summed E-state index contributed by atoms with van der Waals surface area (Å²) in [6, 6.07) is 12.7. The number of hydrogen-bond acceptors (Lipinski definition) is 6. The molecule has 188 valence electrons. The molecule has 0 bridgehead atoms. The summed E-state index contributed by atoms with van der Waals surface area (Å²) in [6.45, 7) is 2.59. The van der Waals surface area contributed by atoms with Crippen LogP contribution < -0.4 is 0 Å². The van der Waals surface area contributed by atoms with Crippen LogP contribution in [-0.2, 0) is 28.3 Å². The summed E-state index contributed by atoms with van der Waals surface area (Å²) in [4.78, 5) is 11.3. The van der Waals surface area contributed by atoms with Gasteiger partial charge >= 0.3 is 0 Å². The standard InChI is InChI=1S/C27H26F3N3O3/c28-23-6-5-20(13-24(23)29)26(32-36-12-11-34)19-3-1-18(2-4-19)16-33-9-7-27(8-10-33)22-15-31-25(30)14-21(22)17-35-27/h1-6,13-15,34H,7-12,16-17H2. The van der Waals surface area contributed by atoms with E-state index in [9.17, 15) is 13.2 Å². The summed E-state index contributed by atoms with van der Waals surface area (Å²) in [5.41, 5.74) is 3.97. The van der Waals surface area contributed by atoms with Crippen molar-refractivity contribution in [3.63, 3.8) is 0 Å². The van der Waals surface area contributed by atoms with Gasteiger partial charge in [0.15, 0.2) is 11.6 Å². The van der Waals surface area contributed by atoms with E-state index < -0.39 is 17.6 Å². The minimum Gasteiger partial charge on any atom is -0.393 e. The Labute approximate surface area is 207 Å². The van der Waals surface area contributed by atoms with E-state index in [2.05, 4.69) is 15.0 Å². The number of pyridine rings is 1. The number of aromatic nitrogens is 1. The van der Waals surface area contributed by atoms with E-state index in [1.165, 1.54) is 12.1 Å². The van der Waals surface area contributed by atoms with Crippen LogP contribution in [0.15, 0.2) is 59.9 Å². The van der Waals surface area contributed by atoms with Gasteiger partial charge in [0.05, 0.1) is 18.8 Å². The zero-order valence-corrected chi connectivity index (χ0v) is 19.6. The van der Waals surface area contributed by atoms with Gasteiger partial charge in [-0.3, -0.25) is 4.90 Å². The molecule has 1 fully saturated rings. The van der Waals surface area contributed by atoms with Gasteiger partial charge in [-0.2, -0.15) is 4.39 Å². The minimum atomic E-state index is -0.975. The fraction of sp³-hybridized carbons (Fsp3) is 0.333. The number of benzene rings is 2. The molecule has 2 aliphatic rings. The van der Waals surface area contributed by atoms with Crippen LogP contribution in [0.2, 0.25) is 0 Å². The minimum absolute atomic E-state index is 0.0130. The molecule has 1 spiro atoms. The van der Waals surface area contributed by atoms with E-state index in [1.807, 2.05) is 24.3 Å². The first-order valence-electron chi connectivity index (χ1n) is 11.8. The molecular formula is C27H26F3N3O3. The molecule has 0 saturated carbocycles. The number of nitrogens with zero attached hydrogens (tertiary/aromatic N) is 3. The highest BCUT2D eigenvalue weighted by molar-refractivity contribution is 6.12. The van der Waals surface area contributed by atoms with Crippen molar-refractivity contribution in [2.75, 3.05) is 26.3 Å². The highest BCUT2D eigenvalue weighted by Gasteiger charge is 2.43. The zero-order valence-electron chi connectivity index (χ0n) is 19.6. The number of ether oxygens (including phenoxy) is 1. The van der Waals surface area contributed by atoms with Crippen LogP contribution in [0.1, 0.15) is 40.7 Å². The van der Waals surface area contributed by atoms with E-state index in [0.717, 1.165) is 61.3 Å². The van der Waals surface area contributed by atoms with Crippen LogP contribution in [-0.4, -0.2) is 47.0 Å². The van der Waals surface area contributed by atoms with Crippen molar-refractivity contribution in [2.24, 2.45) is 5.16 Å². The van der Waals surface area contributed by atoms with Gasteiger partial charge in [-0.05, 0) is 48.2 Å². The van der Waals surface area contributed by atoms with Crippen molar-refractivity contribution in [1.29, 1.82) is 0 Å². The number of hydrogen-bond donors (Lipinski definition) is 1. The van der Waals surface area contributed by atoms with Gasteiger partial charge in [-0.1, -0.05) is 29.4 Å². The topological polar surface area (TPSA) is 67.2 Å². The molecule has 0 amide bonds. The monoisotopic (exact) mass is 497 g/mol. The normalized spacial score (nSPS) is 17.4. The first kappa shape index (κ1) is 24.4. The summed E-state index contributed by atoms with van der Waals surface area (Å²) in [5.74, 6) is -2.40. The maximum Gasteiger partial charge on any atom is 0.213 e. The molecule has 1 N–H and O–H groups in total. The van der Waals surface area contributed by atoms with Crippen LogP contribution in [0.4, 0.5) is 13.2 Å². The molecule has 0 radical (unpaired) electrons. The third kappa shape index (κ3) is 5.00. The maximum atomic E-state index is 13.8. The maximum absolute atomic E-state index is 13.8. The Kier molecular flexibility index (Phi) is 7.04. The van der Waals surface area contributed by atoms with E-state index in [4.69, 9.17) is 14.7 Å². The molecule has 3 aromatic rings. The number of fused-ring (bicyclic) bond motifs is 2. The third-order valence-corrected chi connectivity index (χ3v) is 6.78. The molecule has 0 atom stereocenters. The van der Waals surface area contributed by atoms with Gasteiger partial charge in [0.2, 0.25) is 5.95 Å². The lowest BCUT2D eigenvalue weighted by molar-refractivity contribution is -0.0800. The number of oxime groups is 1. The van der Waals surface area contributed by atoms with Gasteiger partial charge in [-0.25, -0.2) is 13.8 Å². The van der Waals surface area contributed by atoms with Crippen molar-refractivity contribution < 1.29 is 27.9 Å². The number of halogens is 3. The van der Waals surface area contributed by atoms with Gasteiger partial charge in [0.1, 0.15) is 12.3 Å². The number of piperidine rings is 1. The van der Waals surface area contributed by atoms with Gasteiger partial charge < -0.3 is 14.7 Å². The van der Waals surface area contributed by atoms with E-state index >= 15 is 0 Å². The molecule has 1 saturated heterocycles. The second kappa shape index (κ2) is 10.4. The number of aliphatic hydroxyl groups is 1. The molecule has 3 heterocycles. The molecule has 0 unspecified atom stereocenters. The van der Waals surface area contributed by atoms with Crippen molar-refractivity contribution in [3.8, 4) is 0 Å². The lowest BCUT2D eigenvalue weighted by Crippen LogP contribution is -2.42. The fourth-order valence-electron chi connectivity index (χ4n) is 4.87. The molecule has 2 aromatic carbocycles. The van der Waals surface area contributed by atoms with E-state index in [-0.39, 0.29) is 18.8 Å². The smallest absolute Gasteiger partial charge is 0.213 e. The van der Waals surface area contributed by atoms with Gasteiger partial charge in [0.25, 0.3) is 0 Å². The summed E-state index contributed by atoms with van der Waals surface area (Å²) in [7, 11) is 0. The first-order chi connectivity index (χ1) is 17.5. The van der Waals surface area contributed by atoms with Crippen LogP contribution in [0, 0.1) is 17.6 Å². The molecule has 36 heavy (non-hydrogen) atoms. The Bertz CT molecular complexity index is 1260. The first-order valence-corrected chi connectivity index (χ1v) is 11.8. The molecule has 5 rings (SSSR count). The molecule has 0 aliphatic carbocycles. The number of likely N-dealkylation sites (tertiary alicyclic amines) is 1. The van der Waals surface area contributed by atoms with Crippen molar-refractivity contribution in [2.45, 2.75) is 31.6 Å². The summed E-state index contributed by atoms with van der Waals surface area (Å²) >= 11 is 0. The average molecular weight is 498 g/mol. The average Bonchev–Trinajstić information content (AvgIpc) is 3.23. The highest BCUT2D eigenvalue weighted by Crippen LogP contribution is 2.44. The molecule has 9 heteroatoms. The van der Waals surface area contributed by atoms with Gasteiger partial charge in [-0.15, -0.1) is 0 Å². The van der Waals surface area contributed by atoms with E-state index in [0.29, 0.717) is 23.4 Å². The zero-order chi connectivity index (χ0) is 25.1. The Morgan fingerprint density at radius 2 is 1.78 bits per heavy atom. The predicted molar refractivity (Wildman–Crippen MR) is 127 cm³/mol. The van der Waals surface area contributed by atoms with Crippen molar-refractivity contribution >= 4 is 5.71 Å². The Morgan fingerprint density at radius 1 is 1.03 bits per heavy atom. The summed E-state index contributed by atoms with van der Waals surface area (Å²) in [6.07, 6.45) is 3.23. The molecular weight excluding hydrogens is 471 g/mol.